The van der Waals surface area contributed by atoms with E-state index in [-0.39, 0.29) is 11.4 Å². The normalized spacial score (nSPS) is 12.7. The number of rotatable bonds is 4. The first-order valence-corrected chi connectivity index (χ1v) is 7.65. The summed E-state index contributed by atoms with van der Waals surface area (Å²) in [7, 11) is 0. The summed E-state index contributed by atoms with van der Waals surface area (Å²) in [6.07, 6.45) is 0.0959. The van der Waals surface area contributed by atoms with Gasteiger partial charge in [-0.05, 0) is 71.7 Å². The molecule has 0 saturated carbocycles. The van der Waals surface area contributed by atoms with Gasteiger partial charge in [0.15, 0.2) is 6.10 Å². The van der Waals surface area contributed by atoms with Crippen molar-refractivity contribution in [2.75, 3.05) is 0 Å². The van der Waals surface area contributed by atoms with Gasteiger partial charge in [0.25, 0.3) is 5.91 Å². The van der Waals surface area contributed by atoms with Crippen LogP contribution in [-0.4, -0.2) is 23.8 Å². The van der Waals surface area contributed by atoms with Crippen LogP contribution in [0.1, 0.15) is 38.1 Å². The zero-order chi connectivity index (χ0) is 15.5. The van der Waals surface area contributed by atoms with E-state index in [4.69, 9.17) is 4.74 Å². The van der Waals surface area contributed by atoms with E-state index in [9.17, 15) is 9.59 Å². The molecule has 20 heavy (non-hydrogen) atoms. The van der Waals surface area contributed by atoms with E-state index in [0.717, 1.165) is 6.29 Å². The largest absolute Gasteiger partial charge is 0.479 e. The van der Waals surface area contributed by atoms with E-state index in [1.807, 2.05) is 20.8 Å². The van der Waals surface area contributed by atoms with Crippen LogP contribution in [0.25, 0.3) is 0 Å². The lowest BCUT2D eigenvalue weighted by molar-refractivity contribution is -0.128. The summed E-state index contributed by atoms with van der Waals surface area (Å²) >= 11 is 6.66. The van der Waals surface area contributed by atoms with Gasteiger partial charge >= 0.3 is 0 Å². The first kappa shape index (κ1) is 17.2. The molecule has 0 aliphatic rings. The minimum atomic E-state index is -0.649. The molecular weight excluding hydrogens is 390 g/mol. The van der Waals surface area contributed by atoms with Gasteiger partial charge < -0.3 is 10.1 Å². The summed E-state index contributed by atoms with van der Waals surface area (Å²) in [5.41, 5.74) is 0.202. The van der Waals surface area contributed by atoms with Gasteiger partial charge in [-0.1, -0.05) is 0 Å². The summed E-state index contributed by atoms with van der Waals surface area (Å²) in [4.78, 5) is 22.7. The highest BCUT2D eigenvalue weighted by atomic mass is 79.9. The smallest absolute Gasteiger partial charge is 0.261 e. The van der Waals surface area contributed by atoms with Gasteiger partial charge in [-0.3, -0.25) is 9.59 Å². The topological polar surface area (TPSA) is 55.4 Å². The van der Waals surface area contributed by atoms with Crippen molar-refractivity contribution < 1.29 is 14.3 Å². The van der Waals surface area contributed by atoms with Gasteiger partial charge in [-0.2, -0.15) is 0 Å². The molecule has 0 aliphatic carbocycles. The lowest BCUT2D eigenvalue weighted by Crippen LogP contribution is -2.46. The van der Waals surface area contributed by atoms with E-state index in [0.29, 0.717) is 20.3 Å². The zero-order valence-corrected chi connectivity index (χ0v) is 15.0. The number of carbonyl (C=O) groups is 2. The monoisotopic (exact) mass is 405 g/mol. The van der Waals surface area contributed by atoms with E-state index in [1.165, 1.54) is 0 Å². The molecule has 1 unspecified atom stereocenters. The van der Waals surface area contributed by atoms with E-state index in [1.54, 1.807) is 19.1 Å². The van der Waals surface area contributed by atoms with Crippen LogP contribution in [0.2, 0.25) is 0 Å². The van der Waals surface area contributed by atoms with Gasteiger partial charge in [0.05, 0.1) is 8.95 Å². The molecule has 4 nitrogen and oxygen atoms in total. The maximum Gasteiger partial charge on any atom is 0.261 e. The van der Waals surface area contributed by atoms with Crippen LogP contribution in [-0.2, 0) is 4.79 Å². The van der Waals surface area contributed by atoms with Crippen molar-refractivity contribution in [2.45, 2.75) is 39.3 Å². The predicted octanol–water partition coefficient (Wildman–Crippen LogP) is 3.71. The standard InChI is InChI=1S/C14H17Br2NO3/c1-8(13(19)17-14(2,3)4)20-12-10(15)5-9(7-18)6-11(12)16/h5-8H,1-4H3,(H,17,19). The lowest BCUT2D eigenvalue weighted by Gasteiger charge is -2.24. The van der Waals surface area contributed by atoms with Crippen molar-refractivity contribution in [1.82, 2.24) is 5.32 Å². The van der Waals surface area contributed by atoms with Crippen LogP contribution in [0.5, 0.6) is 5.75 Å². The quantitative estimate of drug-likeness (QED) is 0.775. The fourth-order valence-corrected chi connectivity index (χ4v) is 2.87. The molecule has 110 valence electrons. The SMILES string of the molecule is CC(Oc1c(Br)cc(C=O)cc1Br)C(=O)NC(C)(C)C. The van der Waals surface area contributed by atoms with Crippen LogP contribution >= 0.6 is 31.9 Å². The van der Waals surface area contributed by atoms with E-state index >= 15 is 0 Å². The molecule has 0 heterocycles. The fourth-order valence-electron chi connectivity index (χ4n) is 1.46. The second-order valence-corrected chi connectivity index (χ2v) is 7.14. The van der Waals surface area contributed by atoms with E-state index in [2.05, 4.69) is 37.2 Å². The van der Waals surface area contributed by atoms with E-state index < -0.39 is 6.10 Å². The molecule has 0 aromatic heterocycles. The number of carbonyl (C=O) groups excluding carboxylic acids is 2. The number of hydrogen-bond donors (Lipinski definition) is 1. The molecule has 0 bridgehead atoms. The Morgan fingerprint density at radius 1 is 1.30 bits per heavy atom. The molecule has 1 aromatic carbocycles. The first-order chi connectivity index (χ1) is 9.14. The Bertz CT molecular complexity index is 501. The third-order valence-electron chi connectivity index (χ3n) is 2.32. The lowest BCUT2D eigenvalue weighted by atomic mass is 10.1. The summed E-state index contributed by atoms with van der Waals surface area (Å²) in [5, 5.41) is 2.85. The van der Waals surface area contributed by atoms with Gasteiger partial charge in [-0.15, -0.1) is 0 Å². The van der Waals surface area contributed by atoms with Crippen LogP contribution in [0.4, 0.5) is 0 Å². The minimum Gasteiger partial charge on any atom is -0.479 e. The maximum atomic E-state index is 12.0. The second-order valence-electron chi connectivity index (χ2n) is 5.43. The highest BCUT2D eigenvalue weighted by molar-refractivity contribution is 9.11. The summed E-state index contributed by atoms with van der Waals surface area (Å²) in [6.45, 7) is 7.39. The van der Waals surface area contributed by atoms with Crippen molar-refractivity contribution in [3.05, 3.63) is 26.6 Å². The maximum absolute atomic E-state index is 12.0. The molecule has 0 saturated heterocycles. The number of aldehydes is 1. The molecule has 1 aromatic rings. The number of nitrogens with one attached hydrogen (secondary N) is 1. The molecule has 1 rings (SSSR count). The molecule has 1 N–H and O–H groups in total. The molecular formula is C14H17Br2NO3. The molecule has 1 amide bonds. The third-order valence-corrected chi connectivity index (χ3v) is 3.50. The van der Waals surface area contributed by atoms with Gasteiger partial charge in [-0.25, -0.2) is 0 Å². The molecule has 0 aliphatic heterocycles. The average Bonchev–Trinajstić information content (AvgIpc) is 2.30. The van der Waals surface area contributed by atoms with Crippen LogP contribution in [0, 0.1) is 0 Å². The number of hydrogen-bond acceptors (Lipinski definition) is 3. The molecule has 1 atom stereocenters. The van der Waals surface area contributed by atoms with Gasteiger partial charge in [0, 0.05) is 11.1 Å². The Balaban J connectivity index is 2.88. The van der Waals surface area contributed by atoms with Gasteiger partial charge in [0.1, 0.15) is 12.0 Å². The first-order valence-electron chi connectivity index (χ1n) is 6.07. The van der Waals surface area contributed by atoms with Crippen molar-refractivity contribution in [1.29, 1.82) is 0 Å². The number of benzene rings is 1. The Hall–Kier alpha value is -0.880. The number of halogens is 2. The minimum absolute atomic E-state index is 0.198. The Kier molecular flexibility index (Phi) is 5.77. The molecule has 0 spiro atoms. The number of amides is 1. The highest BCUT2D eigenvalue weighted by Gasteiger charge is 2.22. The Morgan fingerprint density at radius 3 is 2.20 bits per heavy atom. The summed E-state index contributed by atoms with van der Waals surface area (Å²) in [6, 6.07) is 3.28. The second kappa shape index (κ2) is 6.72. The van der Waals surface area contributed by atoms with Crippen molar-refractivity contribution in [3.8, 4) is 5.75 Å². The van der Waals surface area contributed by atoms with Gasteiger partial charge in [0.2, 0.25) is 0 Å². The number of ether oxygens (including phenoxy) is 1. The highest BCUT2D eigenvalue weighted by Crippen LogP contribution is 2.35. The van der Waals surface area contributed by atoms with Crippen LogP contribution < -0.4 is 10.1 Å². The summed E-state index contributed by atoms with van der Waals surface area (Å²) in [5.74, 6) is 0.294. The Morgan fingerprint density at radius 2 is 1.80 bits per heavy atom. The average molecular weight is 407 g/mol. The molecule has 0 fully saturated rings. The molecule has 0 radical (unpaired) electrons. The zero-order valence-electron chi connectivity index (χ0n) is 11.8. The third kappa shape index (κ3) is 4.90. The Labute approximate surface area is 135 Å². The summed E-state index contributed by atoms with van der Waals surface area (Å²) < 4.78 is 6.89. The van der Waals surface area contributed by atoms with Crippen molar-refractivity contribution in [2.24, 2.45) is 0 Å². The van der Waals surface area contributed by atoms with Crippen molar-refractivity contribution in [3.63, 3.8) is 0 Å². The fraction of sp³-hybridized carbons (Fsp3) is 0.429. The predicted molar refractivity (Wildman–Crippen MR) is 85.2 cm³/mol. The van der Waals surface area contributed by atoms with Crippen molar-refractivity contribution >= 4 is 44.1 Å². The van der Waals surface area contributed by atoms with Crippen LogP contribution in [0.15, 0.2) is 21.1 Å². The molecule has 6 heteroatoms. The van der Waals surface area contributed by atoms with Crippen LogP contribution in [0.3, 0.4) is 0 Å².